The normalized spacial score (nSPS) is 14.0. The van der Waals surface area contributed by atoms with Crippen molar-refractivity contribution >= 4 is 22.1 Å². The van der Waals surface area contributed by atoms with E-state index in [0.29, 0.717) is 0 Å². The number of nitrogens with one attached hydrogen (secondary N) is 1. The predicted octanol–water partition coefficient (Wildman–Crippen LogP) is 7.20. The van der Waals surface area contributed by atoms with Crippen LogP contribution in [0.2, 0.25) is 0 Å². The van der Waals surface area contributed by atoms with Gasteiger partial charge in [-0.05, 0) is 63.7 Å². The van der Waals surface area contributed by atoms with E-state index in [2.05, 4.69) is 105 Å². The molecule has 0 aromatic heterocycles. The molecule has 0 bridgehead atoms. The van der Waals surface area contributed by atoms with Crippen LogP contribution in [-0.4, -0.2) is 0 Å². The zero-order chi connectivity index (χ0) is 18.6. The highest BCUT2D eigenvalue weighted by Gasteiger charge is 2.36. The topological polar surface area (TPSA) is 12.0 Å². The van der Waals surface area contributed by atoms with Crippen LogP contribution in [0.1, 0.15) is 30.5 Å². The molecule has 0 unspecified atom stereocenters. The molecule has 0 amide bonds. The molecule has 4 aromatic carbocycles. The Hall–Kier alpha value is -3.06. The Balaban J connectivity index is 1.68. The van der Waals surface area contributed by atoms with Crippen LogP contribution in [0.3, 0.4) is 0 Å². The molecule has 0 saturated carbocycles. The summed E-state index contributed by atoms with van der Waals surface area (Å²) in [4.78, 5) is 0. The van der Waals surface area contributed by atoms with Crippen LogP contribution in [0.25, 0.3) is 21.9 Å². The maximum Gasteiger partial charge on any atom is 0.0413 e. The smallest absolute Gasteiger partial charge is 0.0413 e. The number of hydrogen-bond donors (Lipinski definition) is 1. The molecule has 27 heavy (non-hydrogen) atoms. The minimum absolute atomic E-state index is 0.00186. The molecule has 1 aliphatic rings. The molecular weight excluding hydrogens is 326 g/mol. The lowest BCUT2D eigenvalue weighted by Gasteiger charge is -2.22. The Kier molecular flexibility index (Phi) is 3.42. The van der Waals surface area contributed by atoms with Crippen molar-refractivity contribution in [1.82, 2.24) is 0 Å². The Morgan fingerprint density at radius 2 is 1.52 bits per heavy atom. The average Bonchev–Trinajstić information content (AvgIpc) is 2.91. The number of fused-ring (bicyclic) bond motifs is 5. The summed E-state index contributed by atoms with van der Waals surface area (Å²) in [6.45, 7) is 6.82. The Labute approximate surface area is 160 Å². The van der Waals surface area contributed by atoms with Gasteiger partial charge in [0.05, 0.1) is 0 Å². The van der Waals surface area contributed by atoms with Crippen LogP contribution in [0, 0.1) is 6.92 Å². The zero-order valence-corrected chi connectivity index (χ0v) is 16.0. The van der Waals surface area contributed by atoms with E-state index in [0.717, 1.165) is 11.4 Å². The second kappa shape index (κ2) is 5.72. The van der Waals surface area contributed by atoms with Gasteiger partial charge in [0.2, 0.25) is 0 Å². The molecular formula is C26H23N. The number of anilines is 2. The molecule has 1 N–H and O–H groups in total. The second-order valence-electron chi connectivity index (χ2n) is 8.03. The monoisotopic (exact) mass is 349 g/mol. The molecule has 5 rings (SSSR count). The number of aryl methyl sites for hydroxylation is 1. The second-order valence-corrected chi connectivity index (χ2v) is 8.03. The number of para-hydroxylation sites is 1. The van der Waals surface area contributed by atoms with Gasteiger partial charge in [-0.3, -0.25) is 0 Å². The van der Waals surface area contributed by atoms with Crippen molar-refractivity contribution < 1.29 is 0 Å². The van der Waals surface area contributed by atoms with E-state index >= 15 is 0 Å². The summed E-state index contributed by atoms with van der Waals surface area (Å²) < 4.78 is 0. The predicted molar refractivity (Wildman–Crippen MR) is 116 cm³/mol. The van der Waals surface area contributed by atoms with E-state index in [1.165, 1.54) is 38.6 Å². The number of benzene rings is 4. The van der Waals surface area contributed by atoms with Crippen molar-refractivity contribution in [3.8, 4) is 11.1 Å². The first kappa shape index (κ1) is 16.1. The van der Waals surface area contributed by atoms with Gasteiger partial charge in [0, 0.05) is 16.8 Å². The van der Waals surface area contributed by atoms with E-state index in [1.807, 2.05) is 0 Å². The van der Waals surface area contributed by atoms with Crippen LogP contribution in [0.5, 0.6) is 0 Å². The van der Waals surface area contributed by atoms with Crippen LogP contribution in [0.4, 0.5) is 11.4 Å². The fraction of sp³-hybridized carbons (Fsp3) is 0.154. The van der Waals surface area contributed by atoms with Gasteiger partial charge in [0.15, 0.2) is 0 Å². The van der Waals surface area contributed by atoms with Gasteiger partial charge in [-0.2, -0.15) is 0 Å². The van der Waals surface area contributed by atoms with Crippen LogP contribution >= 0.6 is 0 Å². The van der Waals surface area contributed by atoms with Gasteiger partial charge in [0.25, 0.3) is 0 Å². The van der Waals surface area contributed by atoms with Crippen molar-refractivity contribution in [3.05, 3.63) is 95.6 Å². The lowest BCUT2D eigenvalue weighted by molar-refractivity contribution is 0.661. The maximum atomic E-state index is 3.60. The molecule has 0 heterocycles. The molecule has 0 aliphatic heterocycles. The lowest BCUT2D eigenvalue weighted by Crippen LogP contribution is -2.15. The third-order valence-corrected chi connectivity index (χ3v) is 5.99. The highest BCUT2D eigenvalue weighted by Crippen LogP contribution is 2.51. The molecule has 0 radical (unpaired) electrons. The third-order valence-electron chi connectivity index (χ3n) is 5.99. The first-order valence-corrected chi connectivity index (χ1v) is 9.55. The summed E-state index contributed by atoms with van der Waals surface area (Å²) >= 11 is 0. The maximum absolute atomic E-state index is 3.60. The summed E-state index contributed by atoms with van der Waals surface area (Å²) in [6, 6.07) is 28.5. The highest BCUT2D eigenvalue weighted by atomic mass is 14.9. The van der Waals surface area contributed by atoms with Gasteiger partial charge in [0.1, 0.15) is 0 Å². The number of rotatable bonds is 2. The fourth-order valence-corrected chi connectivity index (χ4v) is 4.45. The van der Waals surface area contributed by atoms with Gasteiger partial charge in [-0.15, -0.1) is 0 Å². The molecule has 0 fully saturated rings. The van der Waals surface area contributed by atoms with Gasteiger partial charge in [-0.1, -0.05) is 74.5 Å². The molecule has 0 spiro atoms. The first-order chi connectivity index (χ1) is 13.1. The SMILES string of the molecule is Cc1ccccc1Nc1ccc2c(c1)C(C)(C)c1ccc3ccccc3c1-2. The van der Waals surface area contributed by atoms with E-state index in [1.54, 1.807) is 0 Å². The van der Waals surface area contributed by atoms with E-state index in [4.69, 9.17) is 0 Å². The largest absolute Gasteiger partial charge is 0.355 e. The summed E-state index contributed by atoms with van der Waals surface area (Å²) in [7, 11) is 0. The quantitative estimate of drug-likeness (QED) is 0.403. The van der Waals surface area contributed by atoms with Gasteiger partial charge < -0.3 is 5.32 Å². The van der Waals surface area contributed by atoms with Crippen LogP contribution in [-0.2, 0) is 5.41 Å². The Morgan fingerprint density at radius 1 is 0.741 bits per heavy atom. The van der Waals surface area contributed by atoms with Gasteiger partial charge >= 0.3 is 0 Å². The minimum atomic E-state index is -0.00186. The van der Waals surface area contributed by atoms with Crippen molar-refractivity contribution in [2.45, 2.75) is 26.2 Å². The first-order valence-electron chi connectivity index (χ1n) is 9.55. The third kappa shape index (κ3) is 2.39. The molecule has 1 heteroatoms. The molecule has 4 aromatic rings. The molecule has 1 aliphatic carbocycles. The van der Waals surface area contributed by atoms with Crippen molar-refractivity contribution in [2.75, 3.05) is 5.32 Å². The molecule has 0 atom stereocenters. The molecule has 1 nitrogen and oxygen atoms in total. The summed E-state index contributed by atoms with van der Waals surface area (Å²) in [5.74, 6) is 0. The Bertz CT molecular complexity index is 1180. The summed E-state index contributed by atoms with van der Waals surface area (Å²) in [5, 5.41) is 6.26. The van der Waals surface area contributed by atoms with Gasteiger partial charge in [-0.25, -0.2) is 0 Å². The summed E-state index contributed by atoms with van der Waals surface area (Å²) in [6.07, 6.45) is 0. The fourth-order valence-electron chi connectivity index (χ4n) is 4.45. The van der Waals surface area contributed by atoms with Crippen LogP contribution in [0.15, 0.2) is 78.9 Å². The highest BCUT2D eigenvalue weighted by molar-refractivity contribution is 6.02. The molecule has 0 saturated heterocycles. The van der Waals surface area contributed by atoms with Crippen molar-refractivity contribution in [3.63, 3.8) is 0 Å². The Morgan fingerprint density at radius 3 is 2.37 bits per heavy atom. The summed E-state index contributed by atoms with van der Waals surface area (Å²) in [5.41, 5.74) is 9.14. The van der Waals surface area contributed by atoms with E-state index in [9.17, 15) is 0 Å². The zero-order valence-electron chi connectivity index (χ0n) is 16.0. The molecule has 132 valence electrons. The minimum Gasteiger partial charge on any atom is -0.355 e. The van der Waals surface area contributed by atoms with Crippen molar-refractivity contribution in [1.29, 1.82) is 0 Å². The standard InChI is InChI=1S/C26H23N/c1-17-8-4-7-11-24(17)27-19-13-14-21-23(16-19)26(2,3)22-15-12-18-9-5-6-10-20(18)25(21)22/h4-16,27H,1-3H3. The number of hydrogen-bond acceptors (Lipinski definition) is 1. The lowest BCUT2D eigenvalue weighted by atomic mass is 9.82. The average molecular weight is 349 g/mol. The van der Waals surface area contributed by atoms with E-state index in [-0.39, 0.29) is 5.41 Å². The van der Waals surface area contributed by atoms with E-state index < -0.39 is 0 Å². The van der Waals surface area contributed by atoms with Crippen molar-refractivity contribution in [2.24, 2.45) is 0 Å². The van der Waals surface area contributed by atoms with Crippen LogP contribution < -0.4 is 5.32 Å².